The molecule has 5 heteroatoms. The van der Waals surface area contributed by atoms with E-state index in [4.69, 9.17) is 9.84 Å². The molecule has 0 amide bonds. The summed E-state index contributed by atoms with van der Waals surface area (Å²) >= 11 is 0. The maximum atomic E-state index is 14.2. The number of benzene rings is 1. The number of morpholine rings is 1. The van der Waals surface area contributed by atoms with Crippen molar-refractivity contribution in [2.75, 3.05) is 24.7 Å². The molecule has 0 atom stereocenters. The van der Waals surface area contributed by atoms with Gasteiger partial charge in [0.1, 0.15) is 5.82 Å². The number of hydrogen-bond acceptors (Lipinski definition) is 3. The van der Waals surface area contributed by atoms with E-state index in [1.54, 1.807) is 12.1 Å². The first kappa shape index (κ1) is 14.5. The van der Waals surface area contributed by atoms with Gasteiger partial charge in [0.15, 0.2) is 0 Å². The molecule has 1 aromatic rings. The van der Waals surface area contributed by atoms with Crippen molar-refractivity contribution in [1.29, 1.82) is 0 Å². The first-order valence-electron chi connectivity index (χ1n) is 6.47. The fourth-order valence-electron chi connectivity index (χ4n) is 2.39. The van der Waals surface area contributed by atoms with Crippen molar-refractivity contribution in [3.8, 4) is 0 Å². The van der Waals surface area contributed by atoms with Gasteiger partial charge in [-0.2, -0.15) is 0 Å². The summed E-state index contributed by atoms with van der Waals surface area (Å²) in [6, 6.07) is 4.68. The van der Waals surface area contributed by atoms with Gasteiger partial charge >= 0.3 is 5.97 Å². The number of carboxylic acids is 1. The summed E-state index contributed by atoms with van der Waals surface area (Å²) in [4.78, 5) is 12.6. The molecule has 1 saturated heterocycles. The summed E-state index contributed by atoms with van der Waals surface area (Å²) in [6.45, 7) is 5.55. The number of aliphatic carboxylic acids is 1. The van der Waals surface area contributed by atoms with Crippen LogP contribution in [0.5, 0.6) is 0 Å². The van der Waals surface area contributed by atoms with Gasteiger partial charge in [0.2, 0.25) is 0 Å². The van der Waals surface area contributed by atoms with Crippen LogP contribution in [0.1, 0.15) is 19.4 Å². The molecule has 108 valence electrons. The van der Waals surface area contributed by atoms with E-state index < -0.39 is 5.97 Å². The standard InChI is InChI=1S/C15H18FNO3/c1-15(2)10-20-9-8-17(15)14-11(6-7-13(18)19)4-3-5-12(14)16/h3-7H,8-10H2,1-2H3,(H,18,19)/b7-6+. The van der Waals surface area contributed by atoms with E-state index in [0.29, 0.717) is 31.0 Å². The third-order valence-corrected chi connectivity index (χ3v) is 3.34. The van der Waals surface area contributed by atoms with Gasteiger partial charge in [0, 0.05) is 18.2 Å². The zero-order valence-electron chi connectivity index (χ0n) is 11.6. The lowest BCUT2D eigenvalue weighted by Crippen LogP contribution is -2.53. The van der Waals surface area contributed by atoms with Crippen LogP contribution in [0.15, 0.2) is 24.3 Å². The highest BCUT2D eigenvalue weighted by Gasteiger charge is 2.33. The monoisotopic (exact) mass is 279 g/mol. The molecule has 0 spiro atoms. The van der Waals surface area contributed by atoms with Crippen LogP contribution < -0.4 is 4.90 Å². The summed E-state index contributed by atoms with van der Waals surface area (Å²) in [6.07, 6.45) is 2.44. The molecule has 0 radical (unpaired) electrons. The van der Waals surface area contributed by atoms with Crippen LogP contribution in [-0.2, 0) is 9.53 Å². The Kier molecular flexibility index (Phi) is 4.09. The number of carbonyl (C=O) groups is 1. The van der Waals surface area contributed by atoms with Gasteiger partial charge in [-0.05, 0) is 26.0 Å². The van der Waals surface area contributed by atoms with Crippen LogP contribution in [0.25, 0.3) is 6.08 Å². The van der Waals surface area contributed by atoms with E-state index >= 15 is 0 Å². The third-order valence-electron chi connectivity index (χ3n) is 3.34. The van der Waals surface area contributed by atoms with Crippen molar-refractivity contribution in [2.45, 2.75) is 19.4 Å². The van der Waals surface area contributed by atoms with Crippen LogP contribution in [0.2, 0.25) is 0 Å². The molecule has 1 fully saturated rings. The quantitative estimate of drug-likeness (QED) is 0.864. The van der Waals surface area contributed by atoms with E-state index in [2.05, 4.69) is 0 Å². The Morgan fingerprint density at radius 1 is 1.50 bits per heavy atom. The smallest absolute Gasteiger partial charge is 0.328 e. The van der Waals surface area contributed by atoms with E-state index in [1.165, 1.54) is 12.1 Å². The van der Waals surface area contributed by atoms with E-state index in [1.807, 2.05) is 18.7 Å². The van der Waals surface area contributed by atoms with Gasteiger partial charge in [-0.3, -0.25) is 0 Å². The lowest BCUT2D eigenvalue weighted by Gasteiger charge is -2.44. The highest BCUT2D eigenvalue weighted by molar-refractivity contribution is 5.87. The van der Waals surface area contributed by atoms with Crippen molar-refractivity contribution >= 4 is 17.7 Å². The Bertz CT molecular complexity index is 540. The summed E-state index contributed by atoms with van der Waals surface area (Å²) in [7, 11) is 0. The Morgan fingerprint density at radius 3 is 2.90 bits per heavy atom. The maximum absolute atomic E-state index is 14.2. The number of halogens is 1. The zero-order chi connectivity index (χ0) is 14.8. The zero-order valence-corrected chi connectivity index (χ0v) is 11.6. The molecule has 0 bridgehead atoms. The Morgan fingerprint density at radius 2 is 2.25 bits per heavy atom. The van der Waals surface area contributed by atoms with Gasteiger partial charge in [0.05, 0.1) is 24.4 Å². The maximum Gasteiger partial charge on any atom is 0.328 e. The Hall–Kier alpha value is -1.88. The molecule has 0 aliphatic carbocycles. The SMILES string of the molecule is CC1(C)COCCN1c1c(F)cccc1/C=C/C(=O)O. The molecule has 1 aromatic carbocycles. The lowest BCUT2D eigenvalue weighted by molar-refractivity contribution is -0.131. The van der Waals surface area contributed by atoms with Crippen LogP contribution in [0.3, 0.4) is 0 Å². The highest BCUT2D eigenvalue weighted by Crippen LogP contribution is 2.33. The Balaban J connectivity index is 2.46. The molecule has 2 rings (SSSR count). The molecule has 20 heavy (non-hydrogen) atoms. The number of anilines is 1. The van der Waals surface area contributed by atoms with Crippen LogP contribution in [-0.4, -0.2) is 36.4 Å². The van der Waals surface area contributed by atoms with Gasteiger partial charge in [-0.15, -0.1) is 0 Å². The molecular formula is C15H18FNO3. The highest BCUT2D eigenvalue weighted by atomic mass is 19.1. The summed E-state index contributed by atoms with van der Waals surface area (Å²) in [5, 5.41) is 8.73. The number of rotatable bonds is 3. The minimum atomic E-state index is -1.05. The number of nitrogens with zero attached hydrogens (tertiary/aromatic N) is 1. The fraction of sp³-hybridized carbons (Fsp3) is 0.400. The molecule has 0 unspecified atom stereocenters. The van der Waals surface area contributed by atoms with Crippen LogP contribution in [0.4, 0.5) is 10.1 Å². The number of hydrogen-bond donors (Lipinski definition) is 1. The van der Waals surface area contributed by atoms with Crippen molar-refractivity contribution in [1.82, 2.24) is 0 Å². The molecule has 0 aromatic heterocycles. The minimum absolute atomic E-state index is 0.341. The molecule has 0 saturated carbocycles. The average Bonchev–Trinajstić information content (AvgIpc) is 2.37. The van der Waals surface area contributed by atoms with E-state index in [0.717, 1.165) is 6.08 Å². The topological polar surface area (TPSA) is 49.8 Å². The molecule has 1 N–H and O–H groups in total. The van der Waals surface area contributed by atoms with Crippen molar-refractivity contribution in [3.63, 3.8) is 0 Å². The largest absolute Gasteiger partial charge is 0.478 e. The second-order valence-corrected chi connectivity index (χ2v) is 5.37. The normalized spacial score (nSPS) is 18.4. The van der Waals surface area contributed by atoms with Crippen molar-refractivity contribution in [3.05, 3.63) is 35.7 Å². The average molecular weight is 279 g/mol. The molecule has 1 heterocycles. The van der Waals surface area contributed by atoms with Crippen molar-refractivity contribution < 1.29 is 19.0 Å². The predicted octanol–water partition coefficient (Wildman–Crippen LogP) is 2.54. The molecule has 1 aliphatic heterocycles. The second kappa shape index (κ2) is 5.63. The summed E-state index contributed by atoms with van der Waals surface area (Å²) in [5.74, 6) is -1.41. The third kappa shape index (κ3) is 2.99. The summed E-state index contributed by atoms with van der Waals surface area (Å²) < 4.78 is 19.7. The van der Waals surface area contributed by atoms with Gasteiger partial charge in [-0.1, -0.05) is 12.1 Å². The van der Waals surface area contributed by atoms with Gasteiger partial charge in [-0.25, -0.2) is 9.18 Å². The number of carboxylic acid groups (broad SMARTS) is 1. The van der Waals surface area contributed by atoms with E-state index in [9.17, 15) is 9.18 Å². The molecule has 4 nitrogen and oxygen atoms in total. The summed E-state index contributed by atoms with van der Waals surface area (Å²) in [5.41, 5.74) is 0.646. The van der Waals surface area contributed by atoms with Crippen LogP contribution in [0, 0.1) is 5.82 Å². The fourth-order valence-corrected chi connectivity index (χ4v) is 2.39. The van der Waals surface area contributed by atoms with Crippen LogP contribution >= 0.6 is 0 Å². The van der Waals surface area contributed by atoms with Gasteiger partial charge < -0.3 is 14.7 Å². The number of ether oxygens (including phenoxy) is 1. The minimum Gasteiger partial charge on any atom is -0.478 e. The predicted molar refractivity (Wildman–Crippen MR) is 75.3 cm³/mol. The number of para-hydroxylation sites is 1. The lowest BCUT2D eigenvalue weighted by atomic mass is 9.99. The first-order valence-corrected chi connectivity index (χ1v) is 6.47. The second-order valence-electron chi connectivity index (χ2n) is 5.37. The first-order chi connectivity index (χ1) is 9.42. The van der Waals surface area contributed by atoms with Crippen molar-refractivity contribution in [2.24, 2.45) is 0 Å². The molecular weight excluding hydrogens is 261 g/mol. The van der Waals surface area contributed by atoms with Gasteiger partial charge in [0.25, 0.3) is 0 Å². The Labute approximate surface area is 117 Å². The van der Waals surface area contributed by atoms with E-state index in [-0.39, 0.29) is 11.4 Å². The molecule has 1 aliphatic rings.